The molecule has 2 amide bonds. The monoisotopic (exact) mass is 393 g/mol. The minimum Gasteiger partial charge on any atom is -0.507 e. The third-order valence-electron chi connectivity index (χ3n) is 3.51. The van der Waals surface area contributed by atoms with Crippen LogP contribution in [-0.4, -0.2) is 34.2 Å². The van der Waals surface area contributed by atoms with E-state index in [1.54, 1.807) is 0 Å². The maximum Gasteiger partial charge on any atom is 0.373 e. The van der Waals surface area contributed by atoms with Crippen molar-refractivity contribution in [2.45, 2.75) is 6.54 Å². The van der Waals surface area contributed by atoms with Gasteiger partial charge < -0.3 is 14.3 Å². The number of nitrogens with zero attached hydrogens (tertiary/aromatic N) is 1. The number of phenolic OH excluding ortho intramolecular Hbond substituents is 1. The van der Waals surface area contributed by atoms with Crippen molar-refractivity contribution in [2.24, 2.45) is 0 Å². The summed E-state index contributed by atoms with van der Waals surface area (Å²) in [6, 6.07) is 7.29. The average molecular weight is 394 g/mol. The van der Waals surface area contributed by atoms with Crippen molar-refractivity contribution in [1.82, 2.24) is 4.90 Å². The van der Waals surface area contributed by atoms with Crippen LogP contribution in [0.5, 0.6) is 5.75 Å². The summed E-state index contributed by atoms with van der Waals surface area (Å²) in [6.45, 7) is -0.124. The van der Waals surface area contributed by atoms with Gasteiger partial charge in [0.1, 0.15) is 11.5 Å². The zero-order valence-corrected chi connectivity index (χ0v) is 15.0. The Bertz CT molecular complexity index is 935. The summed E-state index contributed by atoms with van der Waals surface area (Å²) >= 11 is 6.62. The molecule has 0 spiro atoms. The van der Waals surface area contributed by atoms with Crippen LogP contribution < -0.4 is 0 Å². The first-order valence-corrected chi connectivity index (χ1v) is 8.49. The molecule has 0 saturated carbocycles. The van der Waals surface area contributed by atoms with Crippen molar-refractivity contribution in [2.75, 3.05) is 7.11 Å². The fourth-order valence-corrected chi connectivity index (χ4v) is 3.26. The highest BCUT2D eigenvalue weighted by Gasteiger charge is 2.36. The molecule has 0 radical (unpaired) electrons. The maximum absolute atomic E-state index is 12.5. The number of ether oxygens (including phenoxy) is 1. The molecule has 0 bridgehead atoms. The highest BCUT2D eigenvalue weighted by atomic mass is 35.5. The molecule has 1 aromatic carbocycles. The highest BCUT2D eigenvalue weighted by Crippen LogP contribution is 2.35. The van der Waals surface area contributed by atoms with Gasteiger partial charge in [-0.3, -0.25) is 14.5 Å². The number of imide groups is 1. The Kier molecular flexibility index (Phi) is 5.06. The molecule has 0 unspecified atom stereocenters. The summed E-state index contributed by atoms with van der Waals surface area (Å²) in [5.41, 5.74) is 0.328. The van der Waals surface area contributed by atoms with E-state index in [0.717, 1.165) is 16.7 Å². The Morgan fingerprint density at radius 1 is 1.35 bits per heavy atom. The number of hydrogen-bond acceptors (Lipinski definition) is 7. The number of carbonyl (C=O) groups excluding carboxylic acids is 3. The molecule has 1 N–H and O–H groups in total. The van der Waals surface area contributed by atoms with E-state index in [1.165, 1.54) is 43.5 Å². The lowest BCUT2D eigenvalue weighted by molar-refractivity contribution is -0.123. The molecular formula is C17H12ClNO6S. The van der Waals surface area contributed by atoms with Gasteiger partial charge in [-0.2, -0.15) is 0 Å². The second kappa shape index (κ2) is 7.27. The summed E-state index contributed by atoms with van der Waals surface area (Å²) in [6.07, 6.45) is 1.40. The lowest BCUT2D eigenvalue weighted by Crippen LogP contribution is -2.27. The van der Waals surface area contributed by atoms with Gasteiger partial charge in [-0.25, -0.2) is 4.79 Å². The topological polar surface area (TPSA) is 97.0 Å². The predicted octanol–water partition coefficient (Wildman–Crippen LogP) is 3.66. The third-order valence-corrected chi connectivity index (χ3v) is 4.65. The van der Waals surface area contributed by atoms with Gasteiger partial charge in [0, 0.05) is 10.6 Å². The van der Waals surface area contributed by atoms with Crippen molar-refractivity contribution < 1.29 is 28.6 Å². The maximum atomic E-state index is 12.5. The molecule has 7 nitrogen and oxygen atoms in total. The van der Waals surface area contributed by atoms with Crippen molar-refractivity contribution in [3.8, 4) is 5.75 Å². The largest absolute Gasteiger partial charge is 0.507 e. The summed E-state index contributed by atoms with van der Waals surface area (Å²) in [5, 5.41) is 9.75. The molecule has 134 valence electrons. The molecular weight excluding hydrogens is 382 g/mol. The fourth-order valence-electron chi connectivity index (χ4n) is 2.25. The normalized spacial score (nSPS) is 15.8. The van der Waals surface area contributed by atoms with Crippen molar-refractivity contribution in [3.05, 3.63) is 57.3 Å². The Labute approximate surface area is 157 Å². The molecule has 1 aliphatic rings. The molecule has 1 saturated heterocycles. The van der Waals surface area contributed by atoms with E-state index in [2.05, 4.69) is 4.74 Å². The van der Waals surface area contributed by atoms with Gasteiger partial charge in [0.05, 0.1) is 18.6 Å². The smallest absolute Gasteiger partial charge is 0.373 e. The number of methoxy groups -OCH3 is 1. The molecule has 1 aliphatic heterocycles. The van der Waals surface area contributed by atoms with E-state index in [4.69, 9.17) is 16.0 Å². The van der Waals surface area contributed by atoms with Crippen LogP contribution >= 0.6 is 23.4 Å². The molecule has 0 aliphatic carbocycles. The zero-order valence-electron chi connectivity index (χ0n) is 13.4. The van der Waals surface area contributed by atoms with Crippen LogP contribution in [0.3, 0.4) is 0 Å². The van der Waals surface area contributed by atoms with E-state index in [9.17, 15) is 19.5 Å². The number of aromatic hydroxyl groups is 1. The van der Waals surface area contributed by atoms with Crippen LogP contribution in [0.2, 0.25) is 5.02 Å². The number of benzene rings is 1. The Balaban J connectivity index is 1.81. The minimum absolute atomic E-state index is 0.0196. The van der Waals surface area contributed by atoms with E-state index in [0.29, 0.717) is 10.6 Å². The standard InChI is InChI=1S/C17H12ClNO6S/c1-24-16(22)13-5-3-11(25-13)8-19-15(21)14(26-17(19)23)7-9-6-10(18)2-4-12(9)20/h2-7,20H,8H2,1H3. The van der Waals surface area contributed by atoms with Gasteiger partial charge in [-0.15, -0.1) is 0 Å². The summed E-state index contributed by atoms with van der Waals surface area (Å²) in [7, 11) is 1.22. The van der Waals surface area contributed by atoms with Crippen LogP contribution in [0, 0.1) is 0 Å². The Morgan fingerprint density at radius 3 is 2.85 bits per heavy atom. The molecule has 1 aromatic heterocycles. The third kappa shape index (κ3) is 3.61. The number of furan rings is 1. The summed E-state index contributed by atoms with van der Waals surface area (Å²) in [5.74, 6) is -1.000. The molecule has 1 fully saturated rings. The molecule has 0 atom stereocenters. The van der Waals surface area contributed by atoms with Gasteiger partial charge in [0.15, 0.2) is 0 Å². The zero-order chi connectivity index (χ0) is 18.8. The number of amides is 2. The molecule has 2 aromatic rings. The number of halogens is 1. The van der Waals surface area contributed by atoms with Crippen molar-refractivity contribution in [1.29, 1.82) is 0 Å². The summed E-state index contributed by atoms with van der Waals surface area (Å²) < 4.78 is 9.81. The number of esters is 1. The van der Waals surface area contributed by atoms with Crippen LogP contribution in [0.1, 0.15) is 21.9 Å². The number of phenols is 1. The number of thioether (sulfide) groups is 1. The lowest BCUT2D eigenvalue weighted by Gasteiger charge is -2.10. The van der Waals surface area contributed by atoms with E-state index in [1.807, 2.05) is 0 Å². The van der Waals surface area contributed by atoms with E-state index < -0.39 is 17.1 Å². The first-order valence-electron chi connectivity index (χ1n) is 7.30. The number of hydrogen-bond donors (Lipinski definition) is 1. The second-order valence-electron chi connectivity index (χ2n) is 5.23. The number of carbonyl (C=O) groups is 3. The summed E-state index contributed by atoms with van der Waals surface area (Å²) in [4.78, 5) is 37.2. The molecule has 3 rings (SSSR count). The highest BCUT2D eigenvalue weighted by molar-refractivity contribution is 8.18. The predicted molar refractivity (Wildman–Crippen MR) is 94.7 cm³/mol. The van der Waals surface area contributed by atoms with Gasteiger partial charge >= 0.3 is 5.97 Å². The van der Waals surface area contributed by atoms with E-state index in [-0.39, 0.29) is 28.7 Å². The Morgan fingerprint density at radius 2 is 2.12 bits per heavy atom. The van der Waals surface area contributed by atoms with Gasteiger partial charge in [0.2, 0.25) is 5.76 Å². The molecule has 26 heavy (non-hydrogen) atoms. The van der Waals surface area contributed by atoms with Gasteiger partial charge in [-0.1, -0.05) is 11.6 Å². The molecule has 2 heterocycles. The second-order valence-corrected chi connectivity index (χ2v) is 6.66. The van der Waals surface area contributed by atoms with Gasteiger partial charge in [-0.05, 0) is 48.2 Å². The van der Waals surface area contributed by atoms with E-state index >= 15 is 0 Å². The average Bonchev–Trinajstić information content (AvgIpc) is 3.18. The first-order chi connectivity index (χ1) is 12.4. The van der Waals surface area contributed by atoms with Gasteiger partial charge in [0.25, 0.3) is 11.1 Å². The first kappa shape index (κ1) is 18.1. The van der Waals surface area contributed by atoms with Crippen LogP contribution in [0.4, 0.5) is 4.79 Å². The fraction of sp³-hybridized carbons (Fsp3) is 0.118. The molecule has 9 heteroatoms. The van der Waals surface area contributed by atoms with Crippen LogP contribution in [0.25, 0.3) is 6.08 Å². The van der Waals surface area contributed by atoms with Crippen LogP contribution in [0.15, 0.2) is 39.7 Å². The number of rotatable bonds is 4. The Hall–Kier alpha value is -2.71. The SMILES string of the molecule is COC(=O)c1ccc(CN2C(=O)SC(=Cc3cc(Cl)ccc3O)C2=O)o1. The lowest BCUT2D eigenvalue weighted by atomic mass is 10.2. The minimum atomic E-state index is -0.651. The van der Waals surface area contributed by atoms with Crippen molar-refractivity contribution in [3.63, 3.8) is 0 Å². The van der Waals surface area contributed by atoms with Crippen LogP contribution in [-0.2, 0) is 16.1 Å². The van der Waals surface area contributed by atoms with Crippen molar-refractivity contribution >= 4 is 46.6 Å². The quantitative estimate of drug-likeness (QED) is 0.625.